The van der Waals surface area contributed by atoms with E-state index in [4.69, 9.17) is 4.98 Å². The Kier molecular flexibility index (Phi) is 12.1. The maximum atomic E-state index is 12.6. The summed E-state index contributed by atoms with van der Waals surface area (Å²) in [7, 11) is 0. The number of hydrogen-bond donors (Lipinski definition) is 2. The van der Waals surface area contributed by atoms with Crippen LogP contribution in [0.3, 0.4) is 0 Å². The number of amides is 1. The maximum absolute atomic E-state index is 12.6. The number of carboxylic acids is 1. The number of anilines is 1. The number of benzene rings is 2. The predicted molar refractivity (Wildman–Crippen MR) is 165 cm³/mol. The van der Waals surface area contributed by atoms with Gasteiger partial charge in [-0.25, -0.2) is 0 Å². The van der Waals surface area contributed by atoms with Crippen LogP contribution in [0.15, 0.2) is 66.7 Å². The molecule has 0 radical (unpaired) electrons. The van der Waals surface area contributed by atoms with E-state index in [0.717, 1.165) is 42.6 Å². The Balaban J connectivity index is 1.46. The number of aromatic nitrogens is 1. The maximum Gasteiger partial charge on any atom is 0.310 e. The quantitative estimate of drug-likeness (QED) is 0.179. The molecule has 0 aliphatic heterocycles. The third-order valence-electron chi connectivity index (χ3n) is 7.83. The molecule has 1 aromatic heterocycles. The molecule has 5 nitrogen and oxygen atoms in total. The third kappa shape index (κ3) is 9.48. The Morgan fingerprint density at radius 2 is 1.50 bits per heavy atom. The Morgan fingerprint density at radius 1 is 0.825 bits per heavy atom. The van der Waals surface area contributed by atoms with Gasteiger partial charge in [-0.05, 0) is 92.0 Å². The van der Waals surface area contributed by atoms with E-state index < -0.39 is 11.4 Å². The molecule has 0 aliphatic rings. The average molecular weight is 541 g/mol. The van der Waals surface area contributed by atoms with E-state index in [2.05, 4.69) is 48.6 Å². The SMILES string of the molecule is CCc1ccc(CCCCCCc2cccc(C=Cc3cccc(NC(=O)CC(CC)(CC)C(=O)O)c3)n2)cc1. The fourth-order valence-electron chi connectivity index (χ4n) is 4.95. The smallest absolute Gasteiger partial charge is 0.310 e. The molecule has 3 aromatic rings. The van der Waals surface area contributed by atoms with Gasteiger partial charge in [-0.2, -0.15) is 0 Å². The molecule has 0 saturated heterocycles. The van der Waals surface area contributed by atoms with Crippen LogP contribution in [-0.2, 0) is 28.9 Å². The lowest BCUT2D eigenvalue weighted by atomic mass is 9.79. The van der Waals surface area contributed by atoms with Gasteiger partial charge in [-0.1, -0.05) is 82.2 Å². The monoisotopic (exact) mass is 540 g/mol. The van der Waals surface area contributed by atoms with Gasteiger partial charge in [0.15, 0.2) is 0 Å². The number of rotatable bonds is 16. The number of pyridine rings is 1. The Hall–Kier alpha value is -3.73. The topological polar surface area (TPSA) is 79.3 Å². The van der Waals surface area contributed by atoms with Crippen LogP contribution in [-0.4, -0.2) is 22.0 Å². The average Bonchev–Trinajstić information content (AvgIpc) is 2.97. The minimum atomic E-state index is -1.03. The lowest BCUT2D eigenvalue weighted by Gasteiger charge is -2.25. The Bertz CT molecular complexity index is 1260. The first kappa shape index (κ1) is 30.8. The van der Waals surface area contributed by atoms with Crippen molar-refractivity contribution in [3.05, 3.63) is 94.8 Å². The molecule has 0 bridgehead atoms. The molecule has 0 atom stereocenters. The molecule has 2 aromatic carbocycles. The van der Waals surface area contributed by atoms with E-state index in [1.165, 1.54) is 30.4 Å². The highest BCUT2D eigenvalue weighted by Crippen LogP contribution is 2.31. The second-order valence-electron chi connectivity index (χ2n) is 10.6. The number of hydrogen-bond acceptors (Lipinski definition) is 3. The van der Waals surface area contributed by atoms with Crippen molar-refractivity contribution in [2.75, 3.05) is 5.32 Å². The number of nitrogens with one attached hydrogen (secondary N) is 1. The van der Waals surface area contributed by atoms with Crippen LogP contribution in [0.25, 0.3) is 12.2 Å². The van der Waals surface area contributed by atoms with Crippen molar-refractivity contribution < 1.29 is 14.7 Å². The summed E-state index contributed by atoms with van der Waals surface area (Å²) in [6.07, 6.45) is 12.8. The van der Waals surface area contributed by atoms with E-state index in [1.54, 1.807) is 0 Å². The predicted octanol–water partition coefficient (Wildman–Crippen LogP) is 8.38. The molecule has 1 amide bonds. The summed E-state index contributed by atoms with van der Waals surface area (Å²) < 4.78 is 0. The second-order valence-corrected chi connectivity index (χ2v) is 10.6. The van der Waals surface area contributed by atoms with Crippen molar-refractivity contribution in [1.29, 1.82) is 0 Å². The van der Waals surface area contributed by atoms with E-state index in [1.807, 2.05) is 56.3 Å². The number of aryl methyl sites for hydroxylation is 3. The van der Waals surface area contributed by atoms with Crippen molar-refractivity contribution in [2.24, 2.45) is 5.41 Å². The molecule has 0 unspecified atom stereocenters. The first-order valence-corrected chi connectivity index (χ1v) is 14.7. The van der Waals surface area contributed by atoms with Gasteiger partial charge >= 0.3 is 5.97 Å². The molecule has 5 heteroatoms. The van der Waals surface area contributed by atoms with E-state index >= 15 is 0 Å². The zero-order chi connectivity index (χ0) is 28.8. The zero-order valence-corrected chi connectivity index (χ0v) is 24.3. The van der Waals surface area contributed by atoms with Crippen LogP contribution >= 0.6 is 0 Å². The minimum absolute atomic E-state index is 0.0427. The molecule has 0 saturated carbocycles. The fourth-order valence-corrected chi connectivity index (χ4v) is 4.95. The van der Waals surface area contributed by atoms with Gasteiger partial charge < -0.3 is 10.4 Å². The van der Waals surface area contributed by atoms with E-state index in [0.29, 0.717) is 18.5 Å². The van der Waals surface area contributed by atoms with Gasteiger partial charge in [-0.15, -0.1) is 0 Å². The molecule has 40 heavy (non-hydrogen) atoms. The highest BCUT2D eigenvalue weighted by atomic mass is 16.4. The molecular formula is C35H44N2O3. The zero-order valence-electron chi connectivity index (χ0n) is 24.3. The van der Waals surface area contributed by atoms with Gasteiger partial charge in [0.2, 0.25) is 5.91 Å². The normalized spacial score (nSPS) is 11.6. The number of nitrogens with zero attached hydrogens (tertiary/aromatic N) is 1. The number of aliphatic carboxylic acids is 1. The lowest BCUT2D eigenvalue weighted by molar-refractivity contribution is -0.151. The molecule has 0 fully saturated rings. The summed E-state index contributed by atoms with van der Waals surface area (Å²) in [4.78, 5) is 29.2. The Labute approximate surface area is 239 Å². The highest BCUT2D eigenvalue weighted by molar-refractivity contribution is 5.94. The van der Waals surface area contributed by atoms with E-state index in [-0.39, 0.29) is 12.3 Å². The first-order valence-electron chi connectivity index (χ1n) is 14.7. The molecular weight excluding hydrogens is 496 g/mol. The van der Waals surface area contributed by atoms with Gasteiger partial charge in [-0.3, -0.25) is 14.6 Å². The number of unbranched alkanes of at least 4 members (excludes halogenated alkanes) is 3. The summed E-state index contributed by atoms with van der Waals surface area (Å²) in [5, 5.41) is 12.5. The van der Waals surface area contributed by atoms with Crippen molar-refractivity contribution in [3.63, 3.8) is 0 Å². The van der Waals surface area contributed by atoms with Gasteiger partial charge in [0.05, 0.1) is 11.1 Å². The number of carbonyl (C=O) groups excluding carboxylic acids is 1. The minimum Gasteiger partial charge on any atom is -0.481 e. The van der Waals surface area contributed by atoms with Crippen LogP contribution < -0.4 is 5.32 Å². The summed E-state index contributed by atoms with van der Waals surface area (Å²) in [6, 6.07) is 22.7. The largest absolute Gasteiger partial charge is 0.481 e. The van der Waals surface area contributed by atoms with E-state index in [9.17, 15) is 14.7 Å². The second kappa shape index (κ2) is 15.8. The van der Waals surface area contributed by atoms with Gasteiger partial charge in [0.1, 0.15) is 0 Å². The van der Waals surface area contributed by atoms with Crippen molar-refractivity contribution in [2.45, 2.75) is 85.0 Å². The summed E-state index contributed by atoms with van der Waals surface area (Å²) in [5.74, 6) is -1.21. The Morgan fingerprint density at radius 3 is 2.17 bits per heavy atom. The molecule has 3 rings (SSSR count). The summed E-state index contributed by atoms with van der Waals surface area (Å²) in [5.41, 5.74) is 5.39. The molecule has 212 valence electrons. The molecule has 2 N–H and O–H groups in total. The summed E-state index contributed by atoms with van der Waals surface area (Å²) in [6.45, 7) is 5.82. The third-order valence-corrected chi connectivity index (χ3v) is 7.83. The summed E-state index contributed by atoms with van der Waals surface area (Å²) >= 11 is 0. The van der Waals surface area contributed by atoms with Crippen molar-refractivity contribution in [1.82, 2.24) is 4.98 Å². The molecule has 0 spiro atoms. The molecule has 1 heterocycles. The van der Waals surface area contributed by atoms with Gasteiger partial charge in [0, 0.05) is 17.8 Å². The van der Waals surface area contributed by atoms with Crippen LogP contribution in [0.5, 0.6) is 0 Å². The van der Waals surface area contributed by atoms with Crippen LogP contribution in [0.4, 0.5) is 5.69 Å². The molecule has 0 aliphatic carbocycles. The van der Waals surface area contributed by atoms with Crippen LogP contribution in [0.1, 0.15) is 93.8 Å². The number of carbonyl (C=O) groups is 2. The van der Waals surface area contributed by atoms with Crippen LogP contribution in [0.2, 0.25) is 0 Å². The van der Waals surface area contributed by atoms with Crippen LogP contribution in [0, 0.1) is 5.41 Å². The number of carboxylic acid groups (broad SMARTS) is 1. The first-order chi connectivity index (χ1) is 19.4. The lowest BCUT2D eigenvalue weighted by Crippen LogP contribution is -2.34. The highest BCUT2D eigenvalue weighted by Gasteiger charge is 2.37. The van der Waals surface area contributed by atoms with Crippen molar-refractivity contribution in [3.8, 4) is 0 Å². The standard InChI is InChI=1S/C35H44N2O3/c1-4-27-19-21-28(22-20-27)13-9-7-8-10-15-30-16-12-17-31(36-30)24-23-29-14-11-18-32(25-29)37-33(38)26-35(5-2,6-3)34(39)40/h11-12,14,16-25H,4-10,13,15,26H2,1-3H3,(H,37,38)(H,39,40). The van der Waals surface area contributed by atoms with Crippen molar-refractivity contribution >= 4 is 29.7 Å². The van der Waals surface area contributed by atoms with Gasteiger partial charge in [0.25, 0.3) is 0 Å². The fraction of sp³-hybridized carbons (Fsp3) is 0.400.